The van der Waals surface area contributed by atoms with Crippen molar-refractivity contribution in [3.8, 4) is 17.1 Å². The lowest BCUT2D eigenvalue weighted by atomic mass is 10.0. The number of benzene rings is 1. The Balaban J connectivity index is 1.62. The van der Waals surface area contributed by atoms with Crippen molar-refractivity contribution < 1.29 is 32.5 Å². The summed E-state index contributed by atoms with van der Waals surface area (Å²) in [4.78, 5) is 18.0. The summed E-state index contributed by atoms with van der Waals surface area (Å²) in [6.45, 7) is 4.10. The standard InChI is InChI=1S/C24H24F3N5O4/c1-15-2-3-17(29-22(34)16-4-5-28-21(12-16)24(25,26)27)13-18(15)19-14-20(32-6-9-35-10-7-32)23(31-30-19)36-11-8-33/h2-5,12-14,33H,6-11H2,1H3,(H,29,34). The zero-order chi connectivity index (χ0) is 25.7. The molecule has 1 amide bonds. The molecule has 1 aliphatic rings. The summed E-state index contributed by atoms with van der Waals surface area (Å²) >= 11 is 0. The van der Waals surface area contributed by atoms with Gasteiger partial charge in [-0.25, -0.2) is 0 Å². The predicted molar refractivity (Wildman–Crippen MR) is 125 cm³/mol. The van der Waals surface area contributed by atoms with E-state index in [-0.39, 0.29) is 24.7 Å². The Morgan fingerprint density at radius 2 is 1.94 bits per heavy atom. The van der Waals surface area contributed by atoms with E-state index in [4.69, 9.17) is 14.6 Å². The molecule has 2 aromatic heterocycles. The van der Waals surface area contributed by atoms with Gasteiger partial charge in [0.25, 0.3) is 11.8 Å². The van der Waals surface area contributed by atoms with Gasteiger partial charge in [-0.3, -0.25) is 9.78 Å². The Morgan fingerprint density at radius 3 is 2.67 bits per heavy atom. The summed E-state index contributed by atoms with van der Waals surface area (Å²) in [5.41, 5.74) is 1.80. The highest BCUT2D eigenvalue weighted by Gasteiger charge is 2.33. The first kappa shape index (κ1) is 25.3. The van der Waals surface area contributed by atoms with E-state index in [0.717, 1.165) is 11.8 Å². The number of nitrogens with zero attached hydrogens (tertiary/aromatic N) is 4. The quantitative estimate of drug-likeness (QED) is 0.506. The van der Waals surface area contributed by atoms with Gasteiger partial charge in [-0.1, -0.05) is 6.07 Å². The number of aliphatic hydroxyl groups excluding tert-OH is 1. The number of morpholine rings is 1. The summed E-state index contributed by atoms with van der Waals surface area (Å²) in [6, 6.07) is 8.83. The fourth-order valence-corrected chi connectivity index (χ4v) is 3.68. The zero-order valence-corrected chi connectivity index (χ0v) is 19.4. The highest BCUT2D eigenvalue weighted by atomic mass is 19.4. The van der Waals surface area contributed by atoms with Gasteiger partial charge in [0.05, 0.1) is 25.5 Å². The summed E-state index contributed by atoms with van der Waals surface area (Å²) in [5.74, 6) is -0.416. The predicted octanol–water partition coefficient (Wildman–Crippen LogP) is 3.33. The second-order valence-corrected chi connectivity index (χ2v) is 8.00. The van der Waals surface area contributed by atoms with Gasteiger partial charge in [0, 0.05) is 36.1 Å². The molecular formula is C24H24F3N5O4. The number of aliphatic hydroxyl groups is 1. The first-order valence-electron chi connectivity index (χ1n) is 11.2. The van der Waals surface area contributed by atoms with E-state index in [1.165, 1.54) is 6.07 Å². The van der Waals surface area contributed by atoms with Crippen LogP contribution >= 0.6 is 0 Å². The molecule has 1 fully saturated rings. The number of pyridine rings is 1. The normalized spacial score (nSPS) is 14.0. The van der Waals surface area contributed by atoms with Crippen molar-refractivity contribution in [3.63, 3.8) is 0 Å². The summed E-state index contributed by atoms with van der Waals surface area (Å²) < 4.78 is 49.9. The van der Waals surface area contributed by atoms with Crippen LogP contribution in [0.4, 0.5) is 24.5 Å². The van der Waals surface area contributed by atoms with Gasteiger partial charge in [-0.15, -0.1) is 10.2 Å². The van der Waals surface area contributed by atoms with Crippen molar-refractivity contribution in [1.29, 1.82) is 0 Å². The van der Waals surface area contributed by atoms with Crippen LogP contribution in [0, 0.1) is 6.92 Å². The number of carbonyl (C=O) groups is 1. The Morgan fingerprint density at radius 1 is 1.17 bits per heavy atom. The van der Waals surface area contributed by atoms with E-state index in [9.17, 15) is 18.0 Å². The molecule has 36 heavy (non-hydrogen) atoms. The number of hydrogen-bond acceptors (Lipinski definition) is 8. The molecule has 3 heterocycles. The lowest BCUT2D eigenvalue weighted by Crippen LogP contribution is -2.36. The molecule has 0 radical (unpaired) electrons. The molecule has 1 saturated heterocycles. The van der Waals surface area contributed by atoms with Crippen LogP contribution in [-0.4, -0.2) is 65.7 Å². The number of rotatable bonds is 7. The number of alkyl halides is 3. The summed E-state index contributed by atoms with van der Waals surface area (Å²) in [5, 5.41) is 20.3. The third kappa shape index (κ3) is 5.89. The molecule has 0 spiro atoms. The average molecular weight is 503 g/mol. The molecule has 1 aliphatic heterocycles. The SMILES string of the molecule is Cc1ccc(NC(=O)c2ccnc(C(F)(F)F)c2)cc1-c1cc(N2CCOCC2)c(OCCO)nn1. The van der Waals surface area contributed by atoms with Crippen LogP contribution in [0.15, 0.2) is 42.6 Å². The number of nitrogens with one attached hydrogen (secondary N) is 1. The molecule has 1 aromatic carbocycles. The topological polar surface area (TPSA) is 110 Å². The lowest BCUT2D eigenvalue weighted by molar-refractivity contribution is -0.141. The van der Waals surface area contributed by atoms with Crippen LogP contribution in [0.3, 0.4) is 0 Å². The maximum Gasteiger partial charge on any atom is 0.433 e. The molecule has 9 nitrogen and oxygen atoms in total. The van der Waals surface area contributed by atoms with Crippen molar-refractivity contribution >= 4 is 17.3 Å². The number of aromatic nitrogens is 3. The Kier molecular flexibility index (Phi) is 7.65. The molecule has 190 valence electrons. The van der Waals surface area contributed by atoms with Crippen molar-refractivity contribution in [2.45, 2.75) is 13.1 Å². The monoisotopic (exact) mass is 503 g/mol. The van der Waals surface area contributed by atoms with E-state index in [0.29, 0.717) is 55.0 Å². The number of carbonyl (C=O) groups excluding carboxylic acids is 1. The van der Waals surface area contributed by atoms with E-state index >= 15 is 0 Å². The number of hydrogen-bond donors (Lipinski definition) is 2. The molecule has 3 aromatic rings. The fourth-order valence-electron chi connectivity index (χ4n) is 3.68. The Hall–Kier alpha value is -3.77. The minimum absolute atomic E-state index is 0.0664. The fraction of sp³-hybridized carbons (Fsp3) is 0.333. The van der Waals surface area contributed by atoms with Gasteiger partial charge in [0.1, 0.15) is 18.0 Å². The summed E-state index contributed by atoms with van der Waals surface area (Å²) in [6.07, 6.45) is -3.71. The van der Waals surface area contributed by atoms with Crippen LogP contribution in [-0.2, 0) is 10.9 Å². The Bertz CT molecular complexity index is 1230. The molecule has 0 saturated carbocycles. The maximum atomic E-state index is 13.0. The third-order valence-corrected chi connectivity index (χ3v) is 5.51. The van der Waals surface area contributed by atoms with E-state index in [1.807, 2.05) is 13.0 Å². The van der Waals surface area contributed by atoms with E-state index < -0.39 is 17.8 Å². The number of ether oxygens (including phenoxy) is 2. The van der Waals surface area contributed by atoms with Crippen molar-refractivity contribution in [1.82, 2.24) is 15.2 Å². The average Bonchev–Trinajstić information content (AvgIpc) is 2.88. The van der Waals surface area contributed by atoms with E-state index in [1.54, 1.807) is 18.2 Å². The largest absolute Gasteiger partial charge is 0.473 e. The first-order valence-corrected chi connectivity index (χ1v) is 11.2. The number of anilines is 2. The minimum Gasteiger partial charge on any atom is -0.473 e. The molecule has 0 bridgehead atoms. The molecular weight excluding hydrogens is 479 g/mol. The zero-order valence-electron chi connectivity index (χ0n) is 19.4. The molecule has 0 aliphatic carbocycles. The van der Waals surface area contributed by atoms with Crippen LogP contribution in [0.1, 0.15) is 21.6 Å². The maximum absolute atomic E-state index is 13.0. The highest BCUT2D eigenvalue weighted by molar-refractivity contribution is 6.04. The Labute approximate surface area is 204 Å². The van der Waals surface area contributed by atoms with Gasteiger partial charge in [-0.2, -0.15) is 13.2 Å². The first-order chi connectivity index (χ1) is 17.3. The molecule has 4 rings (SSSR count). The minimum atomic E-state index is -4.66. The molecule has 2 N–H and O–H groups in total. The summed E-state index contributed by atoms with van der Waals surface area (Å²) in [7, 11) is 0. The van der Waals surface area contributed by atoms with E-state index in [2.05, 4.69) is 25.4 Å². The molecule has 0 atom stereocenters. The van der Waals surface area contributed by atoms with Crippen LogP contribution < -0.4 is 15.0 Å². The van der Waals surface area contributed by atoms with Crippen molar-refractivity contribution in [2.24, 2.45) is 0 Å². The number of halogens is 3. The molecule has 12 heteroatoms. The van der Waals surface area contributed by atoms with Crippen LogP contribution in [0.5, 0.6) is 5.88 Å². The number of amides is 1. The van der Waals surface area contributed by atoms with Crippen LogP contribution in [0.25, 0.3) is 11.3 Å². The van der Waals surface area contributed by atoms with Gasteiger partial charge >= 0.3 is 6.18 Å². The third-order valence-electron chi connectivity index (χ3n) is 5.51. The van der Waals surface area contributed by atoms with Gasteiger partial charge < -0.3 is 24.8 Å². The van der Waals surface area contributed by atoms with Gasteiger partial charge in [0.15, 0.2) is 0 Å². The van der Waals surface area contributed by atoms with Crippen LogP contribution in [0.2, 0.25) is 0 Å². The van der Waals surface area contributed by atoms with Crippen molar-refractivity contribution in [2.75, 3.05) is 49.7 Å². The molecule has 0 unspecified atom stereocenters. The van der Waals surface area contributed by atoms with Gasteiger partial charge in [0.2, 0.25) is 0 Å². The van der Waals surface area contributed by atoms with Gasteiger partial charge in [-0.05, 0) is 42.8 Å². The number of aryl methyl sites for hydroxylation is 1. The highest BCUT2D eigenvalue weighted by Crippen LogP contribution is 2.33. The lowest BCUT2D eigenvalue weighted by Gasteiger charge is -2.29. The second-order valence-electron chi connectivity index (χ2n) is 8.00. The second kappa shape index (κ2) is 10.9. The van der Waals surface area contributed by atoms with Crippen molar-refractivity contribution in [3.05, 3.63) is 59.4 Å². The smallest absolute Gasteiger partial charge is 0.433 e.